The number of ether oxygens (including phenoxy) is 1. The molecule has 4 heteroatoms. The van der Waals surface area contributed by atoms with E-state index in [2.05, 4.69) is 0 Å². The van der Waals surface area contributed by atoms with Crippen LogP contribution >= 0.6 is 0 Å². The second-order valence-corrected chi connectivity index (χ2v) is 1.32. The maximum atomic E-state index is 4.94. The van der Waals surface area contributed by atoms with E-state index < -0.39 is 0 Å². The monoisotopic (exact) mass is 114 g/mol. The minimum absolute atomic E-state index is 0. The zero-order valence-corrected chi connectivity index (χ0v) is 5.18. The smallest absolute Gasteiger partial charge is 0.870 e. The molecule has 0 bridgehead atoms. The Morgan fingerprint density at radius 3 is 1.50 bits per heavy atom. The van der Waals surface area contributed by atoms with Crippen molar-refractivity contribution in [3.8, 4) is 0 Å². The molecule has 0 aliphatic carbocycles. The molecule has 1 rings (SSSR count). The van der Waals surface area contributed by atoms with Crippen LogP contribution in [0, 0.1) is 0 Å². The van der Waals surface area contributed by atoms with Crippen LogP contribution in [0.1, 0.15) is 12.8 Å². The summed E-state index contributed by atoms with van der Waals surface area (Å²) in [4.78, 5) is 0. The van der Waals surface area contributed by atoms with Crippen LogP contribution in [0.4, 0.5) is 0 Å². The van der Waals surface area contributed by atoms with Gasteiger partial charge in [0.1, 0.15) is 0 Å². The topological polar surface area (TPSA) is 70.7 Å². The minimum atomic E-state index is 0. The van der Waals surface area contributed by atoms with Gasteiger partial charge in [-0.15, -0.1) is 0 Å². The first-order valence-electron chi connectivity index (χ1n) is 2.08. The normalized spacial score (nSPS) is 15.0. The van der Waals surface area contributed by atoms with E-state index in [9.17, 15) is 0 Å². The fourth-order valence-electron chi connectivity index (χ4n) is 0.510. The van der Waals surface area contributed by atoms with E-state index >= 15 is 0 Å². The van der Waals surface area contributed by atoms with E-state index in [1.165, 1.54) is 12.8 Å². The Morgan fingerprint density at radius 1 is 1.00 bits per heavy atom. The van der Waals surface area contributed by atoms with E-state index in [0.29, 0.717) is 0 Å². The first kappa shape index (κ1) is 15.8. The van der Waals surface area contributed by atoms with Gasteiger partial charge in [-0.1, -0.05) is 0 Å². The summed E-state index contributed by atoms with van der Waals surface area (Å²) in [6.07, 6.45) is 2.56. The van der Waals surface area contributed by atoms with E-state index in [4.69, 9.17) is 4.74 Å². The van der Waals surface area contributed by atoms with Crippen molar-refractivity contribution in [1.82, 2.24) is 0 Å². The molecule has 8 heavy (non-hydrogen) atoms. The Bertz CT molecular complexity index is 22.9. The summed E-state index contributed by atoms with van der Waals surface area (Å²) in [5.74, 6) is 0. The van der Waals surface area contributed by atoms with Crippen LogP contribution < -0.4 is 18.9 Å². The molecule has 3 N–H and O–H groups in total. The summed E-state index contributed by atoms with van der Waals surface area (Å²) < 4.78 is 4.94. The maximum Gasteiger partial charge on any atom is 1.00 e. The summed E-state index contributed by atoms with van der Waals surface area (Å²) in [7, 11) is 0. The Kier molecular flexibility index (Phi) is 20.7. The van der Waals surface area contributed by atoms with Crippen LogP contribution in [0.15, 0.2) is 0 Å². The summed E-state index contributed by atoms with van der Waals surface area (Å²) in [5, 5.41) is 0. The second kappa shape index (κ2) is 10.5. The van der Waals surface area contributed by atoms with Crippen LogP contribution in [0.2, 0.25) is 0 Å². The maximum absolute atomic E-state index is 4.94. The fourth-order valence-corrected chi connectivity index (χ4v) is 0.510. The fraction of sp³-hybridized carbons (Fsp3) is 1.00. The number of rotatable bonds is 0. The van der Waals surface area contributed by atoms with E-state index in [1.807, 2.05) is 0 Å². The predicted molar refractivity (Wildman–Crippen MR) is 25.6 cm³/mol. The van der Waals surface area contributed by atoms with E-state index in [0.717, 1.165) is 13.2 Å². The molecular weight excluding hydrogens is 103 g/mol. The Hall–Kier alpha value is 0.477. The summed E-state index contributed by atoms with van der Waals surface area (Å²) in [5.41, 5.74) is 0. The molecule has 1 saturated heterocycles. The molecular formula is C4H11LiO3. The van der Waals surface area contributed by atoms with Crippen LogP contribution in [0.25, 0.3) is 0 Å². The molecule has 0 atom stereocenters. The molecule has 1 aliphatic rings. The molecule has 1 heterocycles. The van der Waals surface area contributed by atoms with Crippen LogP contribution in [-0.2, 0) is 4.74 Å². The third-order valence-corrected chi connectivity index (χ3v) is 0.827. The van der Waals surface area contributed by atoms with Gasteiger partial charge in [-0.2, -0.15) is 0 Å². The molecule has 0 aromatic rings. The SMILES string of the molecule is C1CCOC1.O.[Li+].[OH-]. The van der Waals surface area contributed by atoms with Gasteiger partial charge in [0.25, 0.3) is 0 Å². The van der Waals surface area contributed by atoms with Crippen LogP contribution in [-0.4, -0.2) is 24.2 Å². The molecule has 0 aromatic heterocycles. The van der Waals surface area contributed by atoms with Crippen molar-refractivity contribution < 1.29 is 34.5 Å². The predicted octanol–water partition coefficient (Wildman–Crippen LogP) is -3.20. The summed E-state index contributed by atoms with van der Waals surface area (Å²) in [6.45, 7) is 2.00. The first-order valence-corrected chi connectivity index (χ1v) is 2.08. The molecule has 0 aromatic carbocycles. The van der Waals surface area contributed by atoms with Gasteiger partial charge in [0, 0.05) is 13.2 Å². The van der Waals surface area contributed by atoms with Crippen LogP contribution in [0.5, 0.6) is 0 Å². The minimum Gasteiger partial charge on any atom is -0.870 e. The van der Waals surface area contributed by atoms with Gasteiger partial charge < -0.3 is 15.7 Å². The second-order valence-electron chi connectivity index (χ2n) is 1.32. The van der Waals surface area contributed by atoms with Crippen molar-refractivity contribution in [1.29, 1.82) is 0 Å². The van der Waals surface area contributed by atoms with Crippen LogP contribution in [0.3, 0.4) is 0 Å². The van der Waals surface area contributed by atoms with Crippen molar-refractivity contribution in [3.05, 3.63) is 0 Å². The van der Waals surface area contributed by atoms with Crippen molar-refractivity contribution in [3.63, 3.8) is 0 Å². The molecule has 1 aliphatic heterocycles. The Morgan fingerprint density at radius 2 is 1.38 bits per heavy atom. The van der Waals surface area contributed by atoms with Gasteiger partial charge in [0.15, 0.2) is 0 Å². The molecule has 0 amide bonds. The van der Waals surface area contributed by atoms with Gasteiger partial charge >= 0.3 is 18.9 Å². The molecule has 0 saturated carbocycles. The first-order chi connectivity index (χ1) is 2.50. The quantitative estimate of drug-likeness (QED) is 0.311. The van der Waals surface area contributed by atoms with Crippen molar-refractivity contribution in [2.75, 3.05) is 13.2 Å². The molecule has 1 fully saturated rings. The Labute approximate surface area is 61.2 Å². The number of hydrogen-bond donors (Lipinski definition) is 0. The standard InChI is InChI=1S/C4H8O.Li.2H2O/c1-2-4-5-3-1;;;/h1-4H2;;2*1H2/q;+1;;/p-1. The molecule has 0 spiro atoms. The van der Waals surface area contributed by atoms with E-state index in [-0.39, 0.29) is 29.8 Å². The van der Waals surface area contributed by atoms with Gasteiger partial charge in [0.2, 0.25) is 0 Å². The average Bonchev–Trinajstić information content (AvgIpc) is 1.76. The molecule has 46 valence electrons. The number of hydrogen-bond acceptors (Lipinski definition) is 2. The molecule has 0 radical (unpaired) electrons. The average molecular weight is 114 g/mol. The summed E-state index contributed by atoms with van der Waals surface area (Å²) >= 11 is 0. The van der Waals surface area contributed by atoms with Crippen molar-refractivity contribution in [2.24, 2.45) is 0 Å². The zero-order valence-electron chi connectivity index (χ0n) is 5.18. The van der Waals surface area contributed by atoms with Crippen molar-refractivity contribution >= 4 is 0 Å². The van der Waals surface area contributed by atoms with E-state index in [1.54, 1.807) is 0 Å². The Balaban J connectivity index is -0.0000000833. The zero-order chi connectivity index (χ0) is 3.54. The third-order valence-electron chi connectivity index (χ3n) is 0.827. The van der Waals surface area contributed by atoms with Gasteiger partial charge in [-0.05, 0) is 12.8 Å². The largest absolute Gasteiger partial charge is 1.00 e. The molecule has 3 nitrogen and oxygen atoms in total. The van der Waals surface area contributed by atoms with Gasteiger partial charge in [-0.3, -0.25) is 0 Å². The van der Waals surface area contributed by atoms with Crippen molar-refractivity contribution in [2.45, 2.75) is 12.8 Å². The third kappa shape index (κ3) is 6.48. The van der Waals surface area contributed by atoms with Gasteiger partial charge in [0.05, 0.1) is 0 Å². The summed E-state index contributed by atoms with van der Waals surface area (Å²) in [6, 6.07) is 0. The molecule has 0 unspecified atom stereocenters. The van der Waals surface area contributed by atoms with Gasteiger partial charge in [-0.25, -0.2) is 0 Å².